The van der Waals surface area contributed by atoms with Gasteiger partial charge in [-0.05, 0) is 103 Å². The van der Waals surface area contributed by atoms with Crippen molar-refractivity contribution in [1.29, 1.82) is 0 Å². The van der Waals surface area contributed by atoms with Crippen LogP contribution < -0.4 is 10.4 Å². The van der Waals surface area contributed by atoms with Crippen LogP contribution in [0.2, 0.25) is 0 Å². The van der Waals surface area contributed by atoms with Crippen LogP contribution in [-0.2, 0) is 0 Å². The first-order valence-electron chi connectivity index (χ1n) is 13.9. The van der Waals surface area contributed by atoms with Gasteiger partial charge < -0.3 is 14.3 Å². The van der Waals surface area contributed by atoms with Gasteiger partial charge in [-0.25, -0.2) is 4.79 Å². The van der Waals surface area contributed by atoms with Gasteiger partial charge in [-0.1, -0.05) is 78.9 Å². The minimum atomic E-state index is -0.978. The van der Waals surface area contributed by atoms with E-state index in [0.29, 0.717) is 11.3 Å². The summed E-state index contributed by atoms with van der Waals surface area (Å²) in [5.74, 6) is 0.651. The summed E-state index contributed by atoms with van der Waals surface area (Å²) in [5, 5.41) is 15.5. The standard InChI is InChI=1S/C38H24O4/c39-36-16-13-24-10-11-27(21-34(24)41-36)38-30-9-5-4-8-25(30)18-29-19-26(12-14-31(29)38)33-20-28(23-6-2-1-3-7-23)22-35-32(33)15-17-37(40)42-35/h1-22,37,40H. The van der Waals surface area contributed by atoms with Crippen LogP contribution in [0.15, 0.2) is 137 Å². The van der Waals surface area contributed by atoms with Crippen LogP contribution in [-0.4, -0.2) is 11.4 Å². The van der Waals surface area contributed by atoms with Crippen molar-refractivity contribution in [3.63, 3.8) is 0 Å². The fraction of sp³-hybridized carbons (Fsp3) is 0.0263. The molecule has 0 amide bonds. The summed E-state index contributed by atoms with van der Waals surface area (Å²) in [6.07, 6.45) is 2.62. The molecule has 6 aromatic carbocycles. The molecule has 42 heavy (non-hydrogen) atoms. The molecule has 4 nitrogen and oxygen atoms in total. The first kappa shape index (κ1) is 24.4. The maximum Gasteiger partial charge on any atom is 0.336 e. The zero-order valence-corrected chi connectivity index (χ0v) is 22.5. The third-order valence-corrected chi connectivity index (χ3v) is 8.01. The van der Waals surface area contributed by atoms with E-state index < -0.39 is 6.29 Å². The molecule has 7 aromatic rings. The zero-order valence-electron chi connectivity index (χ0n) is 22.5. The molecule has 0 saturated heterocycles. The highest BCUT2D eigenvalue weighted by Gasteiger charge is 2.20. The van der Waals surface area contributed by atoms with Crippen LogP contribution >= 0.6 is 0 Å². The molecule has 1 aromatic heterocycles. The number of hydrogen-bond acceptors (Lipinski definition) is 4. The van der Waals surface area contributed by atoms with E-state index in [4.69, 9.17) is 9.15 Å². The molecule has 0 radical (unpaired) electrons. The monoisotopic (exact) mass is 544 g/mol. The first-order valence-corrected chi connectivity index (χ1v) is 13.9. The van der Waals surface area contributed by atoms with Gasteiger partial charge in [-0.3, -0.25) is 0 Å². The van der Waals surface area contributed by atoms with Crippen molar-refractivity contribution in [3.8, 4) is 39.1 Å². The first-order chi connectivity index (χ1) is 20.6. The van der Waals surface area contributed by atoms with E-state index in [0.717, 1.165) is 65.9 Å². The van der Waals surface area contributed by atoms with Gasteiger partial charge in [0.1, 0.15) is 11.3 Å². The molecule has 1 aliphatic rings. The second-order valence-corrected chi connectivity index (χ2v) is 10.6. The van der Waals surface area contributed by atoms with E-state index in [1.165, 1.54) is 6.07 Å². The maximum absolute atomic E-state index is 12.0. The maximum atomic E-state index is 12.0. The number of hydrogen-bond donors (Lipinski definition) is 1. The number of aliphatic hydroxyl groups is 1. The second-order valence-electron chi connectivity index (χ2n) is 10.6. The van der Waals surface area contributed by atoms with Gasteiger partial charge in [0.25, 0.3) is 0 Å². The van der Waals surface area contributed by atoms with Crippen molar-refractivity contribution >= 4 is 38.6 Å². The summed E-state index contributed by atoms with van der Waals surface area (Å²) in [6, 6.07) is 40.8. The Morgan fingerprint density at radius 3 is 2.29 bits per heavy atom. The van der Waals surface area contributed by atoms with Crippen LogP contribution in [0.4, 0.5) is 0 Å². The Hall–Kier alpha value is -5.45. The highest BCUT2D eigenvalue weighted by atomic mass is 16.6. The normalized spacial score (nSPS) is 14.3. The molecule has 0 saturated carbocycles. The van der Waals surface area contributed by atoms with Crippen molar-refractivity contribution in [2.45, 2.75) is 6.29 Å². The predicted molar refractivity (Wildman–Crippen MR) is 169 cm³/mol. The summed E-state index contributed by atoms with van der Waals surface area (Å²) >= 11 is 0. The Bertz CT molecular complexity index is 2260. The molecule has 8 rings (SSSR count). The Labute approximate surface area is 241 Å². The predicted octanol–water partition coefficient (Wildman–Crippen LogP) is 8.82. The fourth-order valence-corrected chi connectivity index (χ4v) is 6.05. The van der Waals surface area contributed by atoms with Crippen LogP contribution in [0.5, 0.6) is 5.75 Å². The summed E-state index contributed by atoms with van der Waals surface area (Å²) in [6.45, 7) is 0. The lowest BCUT2D eigenvalue weighted by atomic mass is 9.88. The molecule has 0 bridgehead atoms. The lowest BCUT2D eigenvalue weighted by molar-refractivity contribution is 0.0232. The van der Waals surface area contributed by atoms with E-state index in [2.05, 4.69) is 66.7 Å². The van der Waals surface area contributed by atoms with Crippen molar-refractivity contribution in [2.24, 2.45) is 0 Å². The number of ether oxygens (including phenoxy) is 1. The lowest BCUT2D eigenvalue weighted by Crippen LogP contribution is -2.15. The van der Waals surface area contributed by atoms with E-state index in [9.17, 15) is 9.90 Å². The van der Waals surface area contributed by atoms with Crippen LogP contribution in [0.1, 0.15) is 5.56 Å². The quantitative estimate of drug-likeness (QED) is 0.178. The molecule has 0 spiro atoms. The lowest BCUT2D eigenvalue weighted by Gasteiger charge is -2.22. The molecule has 0 aliphatic carbocycles. The SMILES string of the molecule is O=c1ccc2ccc(-c3c4ccccc4cc4cc(-c5cc(-c6ccccc6)cc6c5C=CC(O)O6)ccc34)cc2o1. The van der Waals surface area contributed by atoms with Crippen molar-refractivity contribution in [3.05, 3.63) is 143 Å². The van der Waals surface area contributed by atoms with Crippen LogP contribution in [0, 0.1) is 0 Å². The number of aliphatic hydroxyl groups excluding tert-OH is 1. The number of rotatable bonds is 3. The smallest absolute Gasteiger partial charge is 0.336 e. The molecule has 1 unspecified atom stereocenters. The summed E-state index contributed by atoms with van der Waals surface area (Å²) in [5.41, 5.74) is 7.38. The topological polar surface area (TPSA) is 59.7 Å². The minimum absolute atomic E-state index is 0.362. The van der Waals surface area contributed by atoms with Gasteiger partial charge in [-0.2, -0.15) is 0 Å². The second kappa shape index (κ2) is 9.58. The molecule has 1 atom stereocenters. The molecule has 200 valence electrons. The van der Waals surface area contributed by atoms with E-state index in [1.54, 1.807) is 12.1 Å². The Kier molecular flexibility index (Phi) is 5.56. The highest BCUT2D eigenvalue weighted by molar-refractivity contribution is 6.14. The van der Waals surface area contributed by atoms with Crippen LogP contribution in [0.25, 0.3) is 72.0 Å². The molecular weight excluding hydrogens is 520 g/mol. The minimum Gasteiger partial charge on any atom is -0.461 e. The third-order valence-electron chi connectivity index (χ3n) is 8.01. The van der Waals surface area contributed by atoms with Gasteiger partial charge in [0, 0.05) is 17.0 Å². The Morgan fingerprint density at radius 2 is 1.38 bits per heavy atom. The van der Waals surface area contributed by atoms with Crippen LogP contribution in [0.3, 0.4) is 0 Å². The molecule has 1 aliphatic heterocycles. The molecule has 1 N–H and O–H groups in total. The van der Waals surface area contributed by atoms with Gasteiger partial charge in [0.15, 0.2) is 0 Å². The Morgan fingerprint density at radius 1 is 0.595 bits per heavy atom. The number of benzene rings is 6. The molecule has 2 heterocycles. The average molecular weight is 545 g/mol. The van der Waals surface area contributed by atoms with Gasteiger partial charge >= 0.3 is 5.63 Å². The molecule has 0 fully saturated rings. The third kappa shape index (κ3) is 4.09. The Balaban J connectivity index is 1.37. The van der Waals surface area contributed by atoms with Gasteiger partial charge in [0.2, 0.25) is 6.29 Å². The largest absolute Gasteiger partial charge is 0.461 e. The van der Waals surface area contributed by atoms with Gasteiger partial charge in [0.05, 0.1) is 0 Å². The zero-order chi connectivity index (χ0) is 28.2. The highest BCUT2D eigenvalue weighted by Crippen LogP contribution is 2.42. The van der Waals surface area contributed by atoms with Crippen molar-refractivity contribution in [1.82, 2.24) is 0 Å². The fourth-order valence-electron chi connectivity index (χ4n) is 6.05. The summed E-state index contributed by atoms with van der Waals surface area (Å²) in [7, 11) is 0. The summed E-state index contributed by atoms with van der Waals surface area (Å²) in [4.78, 5) is 12.0. The molecule has 4 heteroatoms. The van der Waals surface area contributed by atoms with Crippen molar-refractivity contribution < 1.29 is 14.3 Å². The molecular formula is C38H24O4. The van der Waals surface area contributed by atoms with E-state index in [-0.39, 0.29) is 5.63 Å². The number of fused-ring (bicyclic) bond motifs is 4. The average Bonchev–Trinajstić information content (AvgIpc) is 3.02. The van der Waals surface area contributed by atoms with Crippen molar-refractivity contribution in [2.75, 3.05) is 0 Å². The van der Waals surface area contributed by atoms with Gasteiger partial charge in [-0.15, -0.1) is 0 Å². The van der Waals surface area contributed by atoms with E-state index in [1.807, 2.05) is 48.5 Å². The summed E-state index contributed by atoms with van der Waals surface area (Å²) < 4.78 is 11.4. The van der Waals surface area contributed by atoms with E-state index >= 15 is 0 Å².